The smallest absolute Gasteiger partial charge is 0.253 e. The number of hydrogen-bond acceptors (Lipinski definition) is 3. The summed E-state index contributed by atoms with van der Waals surface area (Å²) in [6.07, 6.45) is 1.99. The number of anilines is 1. The highest BCUT2D eigenvalue weighted by Gasteiger charge is 2.25. The molecule has 0 saturated heterocycles. The maximum absolute atomic E-state index is 13.8. The van der Waals surface area contributed by atoms with Gasteiger partial charge in [-0.2, -0.15) is 0 Å². The number of carbonyl (C=O) groups is 2. The minimum atomic E-state index is -0.862. The number of halogens is 2. The fraction of sp³-hybridized carbons (Fsp3) is 0.385. The molecule has 0 bridgehead atoms. The number of amides is 2. The van der Waals surface area contributed by atoms with Crippen LogP contribution in [0.5, 0.6) is 0 Å². The summed E-state index contributed by atoms with van der Waals surface area (Å²) in [5, 5.41) is 2.83. The van der Waals surface area contributed by atoms with Gasteiger partial charge >= 0.3 is 0 Å². The van der Waals surface area contributed by atoms with E-state index in [-0.39, 0.29) is 29.7 Å². The Balaban J connectivity index is 2.20. The minimum Gasteiger partial charge on any atom is -0.365 e. The standard InChI is InChI=1S/C13H15BrFN3O2/c1-18(6-11(19)17-8-2-3-8)10-5-7(14)4-9(15)12(10)13(16)20/h4-5,8H,2-3,6H2,1H3,(H2,16,20)(H,17,19). The summed E-state index contributed by atoms with van der Waals surface area (Å²) in [4.78, 5) is 24.6. The second kappa shape index (κ2) is 5.78. The van der Waals surface area contributed by atoms with Crippen LogP contribution in [0.3, 0.4) is 0 Å². The molecule has 1 aliphatic carbocycles. The van der Waals surface area contributed by atoms with Crippen LogP contribution in [0, 0.1) is 5.82 Å². The number of nitrogens with two attached hydrogens (primary N) is 1. The molecule has 0 atom stereocenters. The number of rotatable bonds is 5. The van der Waals surface area contributed by atoms with E-state index < -0.39 is 11.7 Å². The summed E-state index contributed by atoms with van der Waals surface area (Å²) in [6.45, 7) is 0.0344. The van der Waals surface area contributed by atoms with E-state index in [4.69, 9.17) is 5.73 Å². The van der Waals surface area contributed by atoms with Gasteiger partial charge in [0.2, 0.25) is 5.91 Å². The fourth-order valence-electron chi connectivity index (χ4n) is 1.91. The van der Waals surface area contributed by atoms with E-state index in [0.717, 1.165) is 12.8 Å². The Morgan fingerprint density at radius 3 is 2.70 bits per heavy atom. The lowest BCUT2D eigenvalue weighted by Crippen LogP contribution is -2.37. The Labute approximate surface area is 124 Å². The molecular weight excluding hydrogens is 329 g/mol. The first-order valence-corrected chi connectivity index (χ1v) is 6.97. The van der Waals surface area contributed by atoms with Gasteiger partial charge in [-0.25, -0.2) is 4.39 Å². The SMILES string of the molecule is CN(CC(=O)NC1CC1)c1cc(Br)cc(F)c1C(N)=O. The van der Waals surface area contributed by atoms with Crippen LogP contribution >= 0.6 is 15.9 Å². The lowest BCUT2D eigenvalue weighted by Gasteiger charge is -2.21. The van der Waals surface area contributed by atoms with E-state index >= 15 is 0 Å². The average Bonchev–Trinajstić information content (AvgIpc) is 3.10. The molecule has 0 spiro atoms. The van der Waals surface area contributed by atoms with E-state index in [0.29, 0.717) is 4.47 Å². The molecule has 1 aromatic rings. The lowest BCUT2D eigenvalue weighted by atomic mass is 10.1. The second-order valence-electron chi connectivity index (χ2n) is 4.84. The molecule has 0 unspecified atom stereocenters. The first kappa shape index (κ1) is 14.8. The number of hydrogen-bond donors (Lipinski definition) is 2. The third-order valence-corrected chi connectivity index (χ3v) is 3.47. The van der Waals surface area contributed by atoms with Crippen molar-refractivity contribution in [2.45, 2.75) is 18.9 Å². The van der Waals surface area contributed by atoms with Crippen molar-refractivity contribution in [3.05, 3.63) is 28.0 Å². The van der Waals surface area contributed by atoms with Crippen molar-refractivity contribution in [3.63, 3.8) is 0 Å². The van der Waals surface area contributed by atoms with E-state index in [1.807, 2.05) is 0 Å². The van der Waals surface area contributed by atoms with Crippen LogP contribution in [0.1, 0.15) is 23.2 Å². The number of carbonyl (C=O) groups excluding carboxylic acids is 2. The van der Waals surface area contributed by atoms with Gasteiger partial charge in [0, 0.05) is 17.6 Å². The number of benzene rings is 1. The first-order chi connectivity index (χ1) is 9.38. The molecule has 1 saturated carbocycles. The molecule has 3 N–H and O–H groups in total. The highest BCUT2D eigenvalue weighted by Crippen LogP contribution is 2.27. The van der Waals surface area contributed by atoms with Crippen molar-refractivity contribution in [3.8, 4) is 0 Å². The monoisotopic (exact) mass is 343 g/mol. The third-order valence-electron chi connectivity index (χ3n) is 3.02. The van der Waals surface area contributed by atoms with Crippen molar-refractivity contribution >= 4 is 33.4 Å². The molecule has 0 radical (unpaired) electrons. The van der Waals surface area contributed by atoms with Crippen LogP contribution in [-0.2, 0) is 4.79 Å². The Morgan fingerprint density at radius 2 is 2.15 bits per heavy atom. The quantitative estimate of drug-likeness (QED) is 0.848. The highest BCUT2D eigenvalue weighted by atomic mass is 79.9. The van der Waals surface area contributed by atoms with Crippen LogP contribution in [0.2, 0.25) is 0 Å². The van der Waals surface area contributed by atoms with Crippen LogP contribution in [-0.4, -0.2) is 31.4 Å². The van der Waals surface area contributed by atoms with Crippen molar-refractivity contribution in [1.82, 2.24) is 5.32 Å². The highest BCUT2D eigenvalue weighted by molar-refractivity contribution is 9.10. The Bertz CT molecular complexity index is 561. The first-order valence-electron chi connectivity index (χ1n) is 6.18. The molecule has 1 fully saturated rings. The zero-order valence-corrected chi connectivity index (χ0v) is 12.5. The summed E-state index contributed by atoms with van der Waals surface area (Å²) in [6, 6.07) is 2.99. The molecule has 20 heavy (non-hydrogen) atoms. The zero-order valence-electron chi connectivity index (χ0n) is 11.0. The molecule has 1 aromatic carbocycles. The maximum Gasteiger partial charge on any atom is 0.253 e. The predicted octanol–water partition coefficient (Wildman–Crippen LogP) is 1.40. The Hall–Kier alpha value is -1.63. The second-order valence-corrected chi connectivity index (χ2v) is 5.76. The zero-order chi connectivity index (χ0) is 14.9. The van der Waals surface area contributed by atoms with Crippen molar-refractivity contribution in [2.75, 3.05) is 18.5 Å². The molecule has 1 aliphatic rings. The average molecular weight is 344 g/mol. The van der Waals surface area contributed by atoms with E-state index in [9.17, 15) is 14.0 Å². The number of nitrogens with one attached hydrogen (secondary N) is 1. The van der Waals surface area contributed by atoms with Gasteiger partial charge in [-0.05, 0) is 25.0 Å². The van der Waals surface area contributed by atoms with Crippen LogP contribution in [0.15, 0.2) is 16.6 Å². The molecule has 2 rings (SSSR count). The maximum atomic E-state index is 13.8. The molecule has 108 valence electrons. The molecule has 5 nitrogen and oxygen atoms in total. The van der Waals surface area contributed by atoms with Gasteiger partial charge in [0.05, 0.1) is 17.8 Å². The molecule has 7 heteroatoms. The normalized spacial score (nSPS) is 13.9. The van der Waals surface area contributed by atoms with Crippen LogP contribution in [0.25, 0.3) is 0 Å². The van der Waals surface area contributed by atoms with Gasteiger partial charge in [-0.15, -0.1) is 0 Å². The summed E-state index contributed by atoms with van der Waals surface area (Å²) >= 11 is 3.16. The molecule has 0 heterocycles. The summed E-state index contributed by atoms with van der Waals surface area (Å²) < 4.78 is 14.3. The van der Waals surface area contributed by atoms with Gasteiger partial charge in [-0.3, -0.25) is 9.59 Å². The van der Waals surface area contributed by atoms with E-state index in [1.165, 1.54) is 11.0 Å². The summed E-state index contributed by atoms with van der Waals surface area (Å²) in [7, 11) is 1.61. The van der Waals surface area contributed by atoms with Crippen molar-refractivity contribution < 1.29 is 14.0 Å². The topological polar surface area (TPSA) is 75.4 Å². The molecule has 0 aromatic heterocycles. The molecule has 2 amide bonds. The third kappa shape index (κ3) is 3.47. The Morgan fingerprint density at radius 1 is 1.50 bits per heavy atom. The van der Waals surface area contributed by atoms with Crippen molar-refractivity contribution in [2.24, 2.45) is 5.73 Å². The number of primary amides is 1. The van der Waals surface area contributed by atoms with Crippen molar-refractivity contribution in [1.29, 1.82) is 0 Å². The number of nitrogens with zero attached hydrogens (tertiary/aromatic N) is 1. The summed E-state index contributed by atoms with van der Waals surface area (Å²) in [5.41, 5.74) is 5.28. The lowest BCUT2D eigenvalue weighted by molar-refractivity contribution is -0.119. The largest absolute Gasteiger partial charge is 0.365 e. The van der Waals surface area contributed by atoms with Gasteiger partial charge in [0.15, 0.2) is 0 Å². The minimum absolute atomic E-state index is 0.0344. The fourth-order valence-corrected chi connectivity index (χ4v) is 2.32. The summed E-state index contributed by atoms with van der Waals surface area (Å²) in [5.74, 6) is -1.73. The van der Waals surface area contributed by atoms with Gasteiger partial charge in [0.1, 0.15) is 5.82 Å². The van der Waals surface area contributed by atoms with Gasteiger partial charge < -0.3 is 16.0 Å². The molecular formula is C13H15BrFN3O2. The predicted molar refractivity (Wildman–Crippen MR) is 77.1 cm³/mol. The van der Waals surface area contributed by atoms with E-state index in [2.05, 4.69) is 21.2 Å². The van der Waals surface area contributed by atoms with Gasteiger partial charge in [-0.1, -0.05) is 15.9 Å². The number of likely N-dealkylation sites (N-methyl/N-ethyl adjacent to an activating group) is 1. The molecule has 0 aliphatic heterocycles. The van der Waals surface area contributed by atoms with Gasteiger partial charge in [0.25, 0.3) is 5.91 Å². The van der Waals surface area contributed by atoms with Crippen LogP contribution < -0.4 is 16.0 Å². The Kier molecular flexibility index (Phi) is 4.27. The van der Waals surface area contributed by atoms with E-state index in [1.54, 1.807) is 13.1 Å². The van der Waals surface area contributed by atoms with Crippen LogP contribution in [0.4, 0.5) is 10.1 Å².